The molecule has 1 unspecified atom stereocenters. The van der Waals surface area contributed by atoms with Crippen LogP contribution in [-0.4, -0.2) is 44.2 Å². The number of thiazole rings is 1. The number of ether oxygens (including phenoxy) is 1. The van der Waals surface area contributed by atoms with Crippen LogP contribution in [-0.2, 0) is 14.8 Å². The average molecular weight is 292 g/mol. The summed E-state index contributed by atoms with van der Waals surface area (Å²) in [6.45, 7) is 1.41. The molecule has 1 atom stereocenters. The van der Waals surface area contributed by atoms with Gasteiger partial charge in [0, 0.05) is 13.2 Å². The number of sulfonamides is 1. The number of hydrogen-bond donors (Lipinski definition) is 2. The summed E-state index contributed by atoms with van der Waals surface area (Å²) in [7, 11) is -3.81. The van der Waals surface area contributed by atoms with E-state index in [-0.39, 0.29) is 16.7 Å². The molecule has 100 valence electrons. The highest BCUT2D eigenvalue weighted by Crippen LogP contribution is 2.20. The Balaban J connectivity index is 2.09. The van der Waals surface area contributed by atoms with Crippen LogP contribution < -0.4 is 4.72 Å². The molecule has 0 bridgehead atoms. The zero-order valence-corrected chi connectivity index (χ0v) is 11.0. The molecular formula is C9H12N2O5S2. The second-order valence-electron chi connectivity index (χ2n) is 3.88. The molecule has 2 heterocycles. The third-order valence-corrected chi connectivity index (χ3v) is 5.36. The summed E-state index contributed by atoms with van der Waals surface area (Å²) >= 11 is 0.794. The van der Waals surface area contributed by atoms with Crippen LogP contribution >= 0.6 is 11.3 Å². The second-order valence-corrected chi connectivity index (χ2v) is 6.69. The minimum absolute atomic E-state index is 0.140. The fraction of sp³-hybridized carbons (Fsp3) is 0.556. The molecule has 1 aliphatic rings. The molecule has 0 saturated carbocycles. The lowest BCUT2D eigenvalue weighted by Gasteiger charge is -2.09. The molecule has 1 aliphatic heterocycles. The van der Waals surface area contributed by atoms with Crippen LogP contribution in [0.15, 0.2) is 9.72 Å². The minimum atomic E-state index is -3.81. The topological polar surface area (TPSA) is 106 Å². The molecule has 18 heavy (non-hydrogen) atoms. The van der Waals surface area contributed by atoms with Gasteiger partial charge in [0.1, 0.15) is 0 Å². The van der Waals surface area contributed by atoms with Gasteiger partial charge in [-0.15, -0.1) is 11.3 Å². The average Bonchev–Trinajstić information content (AvgIpc) is 2.98. The van der Waals surface area contributed by atoms with Gasteiger partial charge in [-0.3, -0.25) is 0 Å². The van der Waals surface area contributed by atoms with Crippen LogP contribution in [0.1, 0.15) is 16.9 Å². The van der Waals surface area contributed by atoms with Crippen molar-refractivity contribution < 1.29 is 23.1 Å². The van der Waals surface area contributed by atoms with Crippen LogP contribution in [0.4, 0.5) is 0 Å². The van der Waals surface area contributed by atoms with E-state index in [4.69, 9.17) is 9.84 Å². The number of carbonyl (C=O) groups is 1. The molecule has 0 amide bonds. The van der Waals surface area contributed by atoms with Gasteiger partial charge in [0.25, 0.3) is 10.0 Å². The predicted octanol–water partition coefficient (Wildman–Crippen LogP) is 0.156. The maximum atomic E-state index is 11.9. The van der Waals surface area contributed by atoms with E-state index in [2.05, 4.69) is 9.71 Å². The van der Waals surface area contributed by atoms with Gasteiger partial charge in [0.2, 0.25) is 0 Å². The molecule has 0 radical (unpaired) electrons. The fourth-order valence-electron chi connectivity index (χ4n) is 1.61. The van der Waals surface area contributed by atoms with Gasteiger partial charge in [0.15, 0.2) is 9.90 Å². The van der Waals surface area contributed by atoms with E-state index in [1.165, 1.54) is 5.51 Å². The molecule has 2 rings (SSSR count). The van der Waals surface area contributed by atoms with Crippen molar-refractivity contribution in [2.75, 3.05) is 19.8 Å². The summed E-state index contributed by atoms with van der Waals surface area (Å²) in [6, 6.07) is 0. The molecule has 9 heteroatoms. The van der Waals surface area contributed by atoms with Gasteiger partial charge in [-0.25, -0.2) is 22.9 Å². The van der Waals surface area contributed by atoms with Crippen molar-refractivity contribution in [2.45, 2.75) is 10.6 Å². The fourth-order valence-corrected chi connectivity index (χ4v) is 3.90. The number of rotatable bonds is 5. The van der Waals surface area contributed by atoms with Crippen molar-refractivity contribution in [1.82, 2.24) is 9.71 Å². The highest BCUT2D eigenvalue weighted by atomic mass is 32.2. The van der Waals surface area contributed by atoms with E-state index < -0.39 is 21.7 Å². The first-order valence-corrected chi connectivity index (χ1v) is 7.61. The molecule has 0 spiro atoms. The number of aromatic carboxylic acids is 1. The van der Waals surface area contributed by atoms with Crippen LogP contribution in [0.25, 0.3) is 0 Å². The van der Waals surface area contributed by atoms with Gasteiger partial charge in [-0.1, -0.05) is 0 Å². The molecule has 1 aromatic rings. The lowest BCUT2D eigenvalue weighted by atomic mass is 10.1. The first-order valence-electron chi connectivity index (χ1n) is 5.25. The predicted molar refractivity (Wildman–Crippen MR) is 63.2 cm³/mol. The third-order valence-electron chi connectivity index (χ3n) is 2.57. The molecular weight excluding hydrogens is 280 g/mol. The number of carboxylic acid groups (broad SMARTS) is 1. The van der Waals surface area contributed by atoms with Gasteiger partial charge in [-0.05, 0) is 12.3 Å². The number of aromatic nitrogens is 1. The molecule has 2 N–H and O–H groups in total. The minimum Gasteiger partial charge on any atom is -0.476 e. The number of carboxylic acids is 1. The number of hydrogen-bond acceptors (Lipinski definition) is 6. The Hall–Kier alpha value is -1.03. The summed E-state index contributed by atoms with van der Waals surface area (Å²) in [5.74, 6) is -1.21. The van der Waals surface area contributed by atoms with Crippen molar-refractivity contribution >= 4 is 27.3 Å². The maximum Gasteiger partial charge on any atom is 0.356 e. The quantitative estimate of drug-likeness (QED) is 0.800. The Bertz CT molecular complexity index is 533. The molecule has 1 aromatic heterocycles. The van der Waals surface area contributed by atoms with Gasteiger partial charge in [-0.2, -0.15) is 0 Å². The summed E-state index contributed by atoms with van der Waals surface area (Å²) in [5, 5.41) is 8.83. The van der Waals surface area contributed by atoms with Crippen molar-refractivity contribution in [3.05, 3.63) is 11.2 Å². The van der Waals surface area contributed by atoms with Crippen LogP contribution in [0.2, 0.25) is 0 Å². The smallest absolute Gasteiger partial charge is 0.356 e. The normalized spacial score (nSPS) is 20.1. The largest absolute Gasteiger partial charge is 0.476 e. The van der Waals surface area contributed by atoms with E-state index >= 15 is 0 Å². The third kappa shape index (κ3) is 2.86. The highest BCUT2D eigenvalue weighted by Gasteiger charge is 2.27. The summed E-state index contributed by atoms with van der Waals surface area (Å²) < 4.78 is 31.1. The molecule has 7 nitrogen and oxygen atoms in total. The summed E-state index contributed by atoms with van der Waals surface area (Å²) in [4.78, 5) is 14.4. The Labute approximate surface area is 108 Å². The van der Waals surface area contributed by atoms with Crippen molar-refractivity contribution in [2.24, 2.45) is 5.92 Å². The van der Waals surface area contributed by atoms with Crippen LogP contribution in [0, 0.1) is 5.92 Å². The number of nitrogens with zero attached hydrogens (tertiary/aromatic N) is 1. The van der Waals surface area contributed by atoms with Crippen LogP contribution in [0.5, 0.6) is 0 Å². The Morgan fingerprint density at radius 2 is 2.44 bits per heavy atom. The zero-order chi connectivity index (χ0) is 13.2. The molecule has 1 fully saturated rings. The van der Waals surface area contributed by atoms with Crippen molar-refractivity contribution in [3.8, 4) is 0 Å². The summed E-state index contributed by atoms with van der Waals surface area (Å²) in [5.41, 5.74) is 0.770. The van der Waals surface area contributed by atoms with Gasteiger partial charge < -0.3 is 9.84 Å². The monoisotopic (exact) mass is 292 g/mol. The first kappa shape index (κ1) is 13.4. The van der Waals surface area contributed by atoms with E-state index in [0.717, 1.165) is 17.8 Å². The van der Waals surface area contributed by atoms with E-state index in [9.17, 15) is 13.2 Å². The van der Waals surface area contributed by atoms with Crippen LogP contribution in [0.3, 0.4) is 0 Å². The molecule has 1 saturated heterocycles. The maximum absolute atomic E-state index is 11.9. The Kier molecular flexibility index (Phi) is 3.95. The zero-order valence-electron chi connectivity index (χ0n) is 9.33. The van der Waals surface area contributed by atoms with Crippen molar-refractivity contribution in [1.29, 1.82) is 0 Å². The molecule has 0 aromatic carbocycles. The van der Waals surface area contributed by atoms with Gasteiger partial charge >= 0.3 is 5.97 Å². The molecule has 0 aliphatic carbocycles. The summed E-state index contributed by atoms with van der Waals surface area (Å²) in [6.07, 6.45) is 0.803. The Morgan fingerprint density at radius 3 is 3.06 bits per heavy atom. The van der Waals surface area contributed by atoms with E-state index in [1.54, 1.807) is 0 Å². The number of nitrogens with one attached hydrogen (secondary N) is 1. The first-order chi connectivity index (χ1) is 8.50. The van der Waals surface area contributed by atoms with Gasteiger partial charge in [0.05, 0.1) is 12.1 Å². The van der Waals surface area contributed by atoms with E-state index in [1.807, 2.05) is 0 Å². The SMILES string of the molecule is O=C(O)c1ncsc1S(=O)(=O)NCC1CCOC1. The van der Waals surface area contributed by atoms with E-state index in [0.29, 0.717) is 13.2 Å². The highest BCUT2D eigenvalue weighted by molar-refractivity contribution is 7.91. The second kappa shape index (κ2) is 5.31. The standard InChI is InChI=1S/C9H12N2O5S2/c12-8(13)7-9(17-5-10-7)18(14,15)11-3-6-1-2-16-4-6/h5-6,11H,1-4H2,(H,12,13). The van der Waals surface area contributed by atoms with Crippen molar-refractivity contribution in [3.63, 3.8) is 0 Å². The Morgan fingerprint density at radius 1 is 1.67 bits per heavy atom. The lowest BCUT2D eigenvalue weighted by molar-refractivity contribution is 0.0687. The lowest BCUT2D eigenvalue weighted by Crippen LogP contribution is -2.30.